The minimum Gasteiger partial charge on any atom is -0.325 e. The average molecular weight is 285 g/mol. The van der Waals surface area contributed by atoms with Gasteiger partial charge in [-0.05, 0) is 32.4 Å². The van der Waals surface area contributed by atoms with Crippen LogP contribution < -0.4 is 5.32 Å². The van der Waals surface area contributed by atoms with Crippen LogP contribution in [0.1, 0.15) is 25.0 Å². The lowest BCUT2D eigenvalue weighted by atomic mass is 10.2. The summed E-state index contributed by atoms with van der Waals surface area (Å²) in [4.78, 5) is 18.2. The van der Waals surface area contributed by atoms with Crippen molar-refractivity contribution in [2.75, 3.05) is 18.6 Å². The molecule has 18 heavy (non-hydrogen) atoms. The molecule has 2 unspecified atom stereocenters. The van der Waals surface area contributed by atoms with Gasteiger partial charge in [-0.15, -0.1) is 11.3 Å². The summed E-state index contributed by atoms with van der Waals surface area (Å²) >= 11 is 3.37. The molecule has 0 bridgehead atoms. The van der Waals surface area contributed by atoms with Crippen molar-refractivity contribution in [1.82, 2.24) is 9.88 Å². The van der Waals surface area contributed by atoms with Crippen LogP contribution in [0.4, 0.5) is 9.93 Å². The van der Waals surface area contributed by atoms with Crippen LogP contribution in [0.3, 0.4) is 0 Å². The maximum atomic E-state index is 12.1. The molecule has 1 aromatic heterocycles. The molecule has 6 heteroatoms. The summed E-state index contributed by atoms with van der Waals surface area (Å²) < 4.78 is 0. The summed E-state index contributed by atoms with van der Waals surface area (Å²) in [6.07, 6.45) is 5.56. The number of hydrogen-bond acceptors (Lipinski definition) is 4. The van der Waals surface area contributed by atoms with E-state index < -0.39 is 0 Å². The fraction of sp³-hybridized carbons (Fsp3) is 0.667. The zero-order chi connectivity index (χ0) is 13.1. The van der Waals surface area contributed by atoms with Gasteiger partial charge in [-0.25, -0.2) is 9.78 Å². The number of aryl methyl sites for hydroxylation is 1. The first kappa shape index (κ1) is 13.7. The van der Waals surface area contributed by atoms with Gasteiger partial charge in [0.2, 0.25) is 0 Å². The Morgan fingerprint density at radius 3 is 2.94 bits per heavy atom. The predicted molar refractivity (Wildman–Crippen MR) is 78.6 cm³/mol. The Bertz CT molecular complexity index is 421. The molecule has 4 nitrogen and oxygen atoms in total. The number of amides is 2. The number of carbonyl (C=O) groups excluding carboxylic acids is 1. The Labute approximate surface area is 116 Å². The molecule has 1 aliphatic rings. The molecule has 0 spiro atoms. The Morgan fingerprint density at radius 2 is 2.39 bits per heavy atom. The van der Waals surface area contributed by atoms with Gasteiger partial charge in [0.05, 0.1) is 5.69 Å². The fourth-order valence-corrected chi connectivity index (χ4v) is 3.70. The highest BCUT2D eigenvalue weighted by molar-refractivity contribution is 7.99. The maximum absolute atomic E-state index is 12.1. The topological polar surface area (TPSA) is 45.2 Å². The lowest BCUT2D eigenvalue weighted by molar-refractivity contribution is 0.205. The third-order valence-corrected chi connectivity index (χ3v) is 5.36. The summed E-state index contributed by atoms with van der Waals surface area (Å²) in [5.74, 6) is 0. The molecule has 2 rings (SSSR count). The van der Waals surface area contributed by atoms with E-state index in [9.17, 15) is 4.79 Å². The molecule has 1 N–H and O–H groups in total. The third kappa shape index (κ3) is 3.17. The molecule has 1 fully saturated rings. The normalized spacial score (nSPS) is 23.1. The number of urea groups is 1. The summed E-state index contributed by atoms with van der Waals surface area (Å²) in [6.45, 7) is 1.93. The predicted octanol–water partition coefficient (Wildman–Crippen LogP) is 3.20. The SMILES string of the molecule is CSC1CCC(N(C)C(=O)Nc2nc(C)cs2)C1. The van der Waals surface area contributed by atoms with Crippen LogP contribution in [-0.4, -0.2) is 40.5 Å². The molecule has 1 heterocycles. The smallest absolute Gasteiger partial charge is 0.323 e. The number of thiazole rings is 1. The van der Waals surface area contributed by atoms with E-state index in [1.807, 2.05) is 36.0 Å². The van der Waals surface area contributed by atoms with Gasteiger partial charge in [-0.2, -0.15) is 11.8 Å². The van der Waals surface area contributed by atoms with Crippen LogP contribution >= 0.6 is 23.1 Å². The Balaban J connectivity index is 1.89. The van der Waals surface area contributed by atoms with E-state index in [0.29, 0.717) is 16.4 Å². The van der Waals surface area contributed by atoms with Gasteiger partial charge >= 0.3 is 6.03 Å². The van der Waals surface area contributed by atoms with Crippen LogP contribution in [-0.2, 0) is 0 Å². The molecule has 0 aliphatic heterocycles. The van der Waals surface area contributed by atoms with E-state index in [1.54, 1.807) is 0 Å². The van der Waals surface area contributed by atoms with Crippen LogP contribution in [0.25, 0.3) is 0 Å². The van der Waals surface area contributed by atoms with E-state index in [1.165, 1.54) is 17.8 Å². The molecule has 1 aromatic rings. The third-order valence-electron chi connectivity index (χ3n) is 3.39. The second-order valence-electron chi connectivity index (χ2n) is 4.66. The highest BCUT2D eigenvalue weighted by Gasteiger charge is 2.29. The number of aromatic nitrogens is 1. The summed E-state index contributed by atoms with van der Waals surface area (Å²) in [7, 11) is 1.88. The largest absolute Gasteiger partial charge is 0.325 e. The van der Waals surface area contributed by atoms with Crippen molar-refractivity contribution in [3.63, 3.8) is 0 Å². The van der Waals surface area contributed by atoms with Crippen molar-refractivity contribution in [3.05, 3.63) is 11.1 Å². The van der Waals surface area contributed by atoms with Gasteiger partial charge in [0.1, 0.15) is 0 Å². The number of thioether (sulfide) groups is 1. The van der Waals surface area contributed by atoms with Gasteiger partial charge in [0.25, 0.3) is 0 Å². The van der Waals surface area contributed by atoms with E-state index in [-0.39, 0.29) is 6.03 Å². The molecular weight excluding hydrogens is 266 g/mol. The molecular formula is C12H19N3OS2. The Hall–Kier alpha value is -0.750. The van der Waals surface area contributed by atoms with Gasteiger partial charge < -0.3 is 4.90 Å². The molecule has 0 radical (unpaired) electrons. The van der Waals surface area contributed by atoms with Crippen molar-refractivity contribution in [2.24, 2.45) is 0 Å². The maximum Gasteiger partial charge on any atom is 0.323 e. The number of nitrogens with one attached hydrogen (secondary N) is 1. The summed E-state index contributed by atoms with van der Waals surface area (Å²) in [5.41, 5.74) is 0.946. The Kier molecular flexibility index (Phi) is 4.50. The second-order valence-corrected chi connectivity index (χ2v) is 6.66. The van der Waals surface area contributed by atoms with Crippen LogP contribution in [0, 0.1) is 6.92 Å². The number of anilines is 1. The zero-order valence-corrected chi connectivity index (χ0v) is 12.6. The first-order valence-corrected chi connectivity index (χ1v) is 8.25. The van der Waals surface area contributed by atoms with E-state index in [2.05, 4.69) is 16.6 Å². The van der Waals surface area contributed by atoms with Gasteiger partial charge in [-0.3, -0.25) is 5.32 Å². The molecule has 2 atom stereocenters. The second kappa shape index (κ2) is 5.93. The molecule has 0 saturated heterocycles. The minimum absolute atomic E-state index is 0.0453. The quantitative estimate of drug-likeness (QED) is 0.927. The Morgan fingerprint density at radius 1 is 1.61 bits per heavy atom. The number of rotatable bonds is 3. The summed E-state index contributed by atoms with van der Waals surface area (Å²) in [6, 6.07) is 0.319. The minimum atomic E-state index is -0.0453. The number of hydrogen-bond donors (Lipinski definition) is 1. The average Bonchev–Trinajstić information content (AvgIpc) is 2.97. The van der Waals surface area contributed by atoms with Gasteiger partial charge in [-0.1, -0.05) is 0 Å². The van der Waals surface area contributed by atoms with Crippen LogP contribution in [0.5, 0.6) is 0 Å². The molecule has 2 amide bonds. The van der Waals surface area contributed by atoms with Crippen molar-refractivity contribution in [3.8, 4) is 0 Å². The molecule has 0 aromatic carbocycles. The zero-order valence-electron chi connectivity index (χ0n) is 11.0. The van der Waals surface area contributed by atoms with Crippen LogP contribution in [0.15, 0.2) is 5.38 Å². The van der Waals surface area contributed by atoms with Crippen molar-refractivity contribution in [1.29, 1.82) is 0 Å². The highest BCUT2D eigenvalue weighted by atomic mass is 32.2. The first-order chi connectivity index (χ1) is 8.60. The van der Waals surface area contributed by atoms with Gasteiger partial charge in [0, 0.05) is 23.7 Å². The molecule has 1 aliphatic carbocycles. The lowest BCUT2D eigenvalue weighted by Crippen LogP contribution is -2.38. The van der Waals surface area contributed by atoms with Crippen LogP contribution in [0.2, 0.25) is 0 Å². The van der Waals surface area contributed by atoms with Gasteiger partial charge in [0.15, 0.2) is 5.13 Å². The number of nitrogens with zero attached hydrogens (tertiary/aromatic N) is 2. The van der Waals surface area contributed by atoms with E-state index in [0.717, 1.165) is 18.5 Å². The highest BCUT2D eigenvalue weighted by Crippen LogP contribution is 2.31. The van der Waals surface area contributed by atoms with Crippen molar-refractivity contribution in [2.45, 2.75) is 37.5 Å². The van der Waals surface area contributed by atoms with E-state index in [4.69, 9.17) is 0 Å². The van der Waals surface area contributed by atoms with Crippen molar-refractivity contribution >= 4 is 34.3 Å². The molecule has 100 valence electrons. The number of carbonyl (C=O) groups is 1. The fourth-order valence-electron chi connectivity index (χ4n) is 2.24. The van der Waals surface area contributed by atoms with Crippen molar-refractivity contribution < 1.29 is 4.79 Å². The first-order valence-electron chi connectivity index (χ1n) is 6.09. The van der Waals surface area contributed by atoms with E-state index >= 15 is 0 Å². The molecule has 1 saturated carbocycles. The standard InChI is InChI=1S/C12H19N3OS2/c1-8-7-18-11(13-8)14-12(16)15(2)9-4-5-10(6-9)17-3/h7,9-10H,4-6H2,1-3H3,(H,13,14,16). The lowest BCUT2D eigenvalue weighted by Gasteiger charge is -2.24. The monoisotopic (exact) mass is 285 g/mol. The summed E-state index contributed by atoms with van der Waals surface area (Å²) in [5, 5.41) is 6.18.